The summed E-state index contributed by atoms with van der Waals surface area (Å²) in [6, 6.07) is 8.00. The normalized spacial score (nSPS) is 19.5. The molecule has 2 N–H and O–H groups in total. The molecule has 3 heterocycles. The Morgan fingerprint density at radius 2 is 1.89 bits per heavy atom. The molecule has 0 bridgehead atoms. The molecule has 12 heteroatoms. The van der Waals surface area contributed by atoms with Crippen LogP contribution in [0.2, 0.25) is 15.1 Å². The van der Waals surface area contributed by atoms with Gasteiger partial charge in [0, 0.05) is 22.8 Å². The Bertz CT molecular complexity index is 1240. The monoisotopic (exact) mass is 570 g/mol. The fraction of sp³-hybridized carbons (Fsp3) is 0.217. The van der Waals surface area contributed by atoms with Crippen molar-refractivity contribution in [3.05, 3.63) is 81.2 Å². The highest BCUT2D eigenvalue weighted by Crippen LogP contribution is 2.41. The number of hydrogen-bond donors (Lipinski definition) is 2. The Balaban J connectivity index is 1.39. The maximum atomic E-state index is 12.8. The van der Waals surface area contributed by atoms with Gasteiger partial charge in [-0.05, 0) is 23.8 Å². The number of β-lactam (4-membered cyclic amide) rings is 1. The number of amides is 2. The summed E-state index contributed by atoms with van der Waals surface area (Å²) in [7, 11) is 0. The number of carbonyl (C=O) groups excluding carboxylic acids is 2. The highest BCUT2D eigenvalue weighted by molar-refractivity contribution is 8.00. The van der Waals surface area contributed by atoms with Crippen molar-refractivity contribution in [2.24, 2.45) is 0 Å². The number of carbonyl (C=O) groups is 3. The van der Waals surface area contributed by atoms with E-state index in [1.54, 1.807) is 12.1 Å². The molecule has 1 aromatic carbocycles. The summed E-state index contributed by atoms with van der Waals surface area (Å²) in [5.74, 6) is -1.58. The van der Waals surface area contributed by atoms with Crippen LogP contribution >= 0.6 is 58.3 Å². The number of aliphatic carboxylic acids is 1. The molecule has 0 saturated carbocycles. The summed E-state index contributed by atoms with van der Waals surface area (Å²) in [6.07, 6.45) is 7.41. The summed E-state index contributed by atoms with van der Waals surface area (Å²) in [5.41, 5.74) is 0.508. The van der Waals surface area contributed by atoms with E-state index >= 15 is 0 Å². The Hall–Kier alpha value is -2.17. The maximum absolute atomic E-state index is 12.8. The standard InChI is InChI=1S/C23H18Cl3N3O4S2/c24-14-9-16(26)17(10-15(14)25)34-12-18(30)27-19-21(31)29-20(23(32)33)13(11-35-22(19)29)5-4-8-28-6-2-1-3-7-28/h1-7,9-10,19,22H,8,11-12H2,(H-,27,30,32,33)/p+1/t19-,22-/m1/s1. The Morgan fingerprint density at radius 1 is 1.17 bits per heavy atom. The number of hydrogen-bond acceptors (Lipinski definition) is 5. The number of nitrogens with zero attached hydrogens (tertiary/aromatic N) is 2. The molecule has 2 atom stereocenters. The van der Waals surface area contributed by atoms with Crippen molar-refractivity contribution in [2.45, 2.75) is 22.9 Å². The number of carboxylic acids is 1. The van der Waals surface area contributed by atoms with Crippen LogP contribution in [-0.2, 0) is 20.9 Å². The predicted octanol–water partition coefficient (Wildman–Crippen LogP) is 4.02. The van der Waals surface area contributed by atoms with Crippen molar-refractivity contribution in [3.63, 3.8) is 0 Å². The van der Waals surface area contributed by atoms with Gasteiger partial charge in [0.15, 0.2) is 18.9 Å². The summed E-state index contributed by atoms with van der Waals surface area (Å²) in [4.78, 5) is 39.1. The lowest BCUT2D eigenvalue weighted by Gasteiger charge is -2.49. The smallest absolute Gasteiger partial charge is 0.352 e. The first-order chi connectivity index (χ1) is 16.8. The number of pyridine rings is 1. The van der Waals surface area contributed by atoms with Crippen LogP contribution in [0.3, 0.4) is 0 Å². The minimum atomic E-state index is -1.18. The fourth-order valence-electron chi connectivity index (χ4n) is 3.62. The first kappa shape index (κ1) is 25.9. The second-order valence-corrected chi connectivity index (χ2v) is 10.9. The zero-order chi connectivity index (χ0) is 25.1. The Morgan fingerprint density at radius 3 is 2.60 bits per heavy atom. The van der Waals surface area contributed by atoms with Crippen LogP contribution in [0.4, 0.5) is 0 Å². The van der Waals surface area contributed by atoms with E-state index in [2.05, 4.69) is 5.32 Å². The van der Waals surface area contributed by atoms with Crippen LogP contribution in [-0.4, -0.2) is 50.7 Å². The van der Waals surface area contributed by atoms with E-state index in [0.29, 0.717) is 37.8 Å². The van der Waals surface area contributed by atoms with Gasteiger partial charge in [0.05, 0.1) is 20.8 Å². The van der Waals surface area contributed by atoms with Gasteiger partial charge in [-0.2, -0.15) is 0 Å². The van der Waals surface area contributed by atoms with Gasteiger partial charge in [-0.1, -0.05) is 46.9 Å². The first-order valence-electron chi connectivity index (χ1n) is 10.3. The van der Waals surface area contributed by atoms with Crippen LogP contribution in [0.1, 0.15) is 0 Å². The number of nitrogens with one attached hydrogen (secondary N) is 1. The topological polar surface area (TPSA) is 90.6 Å². The second-order valence-electron chi connectivity index (χ2n) is 7.59. The minimum Gasteiger partial charge on any atom is -0.477 e. The van der Waals surface area contributed by atoms with Crippen molar-refractivity contribution >= 4 is 76.1 Å². The van der Waals surface area contributed by atoms with Crippen LogP contribution in [0.5, 0.6) is 0 Å². The molecule has 0 radical (unpaired) electrons. The molecule has 1 aromatic heterocycles. The van der Waals surface area contributed by atoms with Crippen molar-refractivity contribution in [1.82, 2.24) is 10.2 Å². The average molecular weight is 572 g/mol. The molecule has 2 amide bonds. The molecule has 0 aliphatic carbocycles. The predicted molar refractivity (Wildman–Crippen MR) is 138 cm³/mol. The van der Waals surface area contributed by atoms with Gasteiger partial charge in [0.1, 0.15) is 17.1 Å². The number of rotatable bonds is 8. The average Bonchev–Trinajstić information content (AvgIpc) is 2.84. The van der Waals surface area contributed by atoms with Crippen LogP contribution in [0.15, 0.2) is 71.0 Å². The van der Waals surface area contributed by atoms with Crippen molar-refractivity contribution < 1.29 is 24.1 Å². The van der Waals surface area contributed by atoms with Gasteiger partial charge in [0.2, 0.25) is 5.91 Å². The highest BCUT2D eigenvalue weighted by Gasteiger charge is 2.53. The number of fused-ring (bicyclic) bond motifs is 1. The number of allylic oxidation sites excluding steroid dienone is 2. The Kier molecular flexibility index (Phi) is 8.34. The third-order valence-corrected chi connectivity index (χ3v) is 8.77. The molecule has 1 saturated heterocycles. The van der Waals surface area contributed by atoms with Crippen LogP contribution in [0, 0.1) is 0 Å². The summed E-state index contributed by atoms with van der Waals surface area (Å²) in [5, 5.41) is 13.0. The van der Waals surface area contributed by atoms with Crippen molar-refractivity contribution in [1.29, 1.82) is 0 Å². The third kappa shape index (κ3) is 5.81. The van der Waals surface area contributed by atoms with E-state index < -0.39 is 23.3 Å². The SMILES string of the molecule is O=C(CSc1cc(Cl)c(Cl)cc1Cl)N[C@@H]1C(=O)N2C(C(=O)O)=C(C=CC[n+]3ccccc3)CS[C@H]12. The van der Waals surface area contributed by atoms with E-state index in [-0.39, 0.29) is 17.4 Å². The van der Waals surface area contributed by atoms with Crippen LogP contribution in [0.25, 0.3) is 0 Å². The van der Waals surface area contributed by atoms with Gasteiger partial charge >= 0.3 is 5.97 Å². The molecule has 0 spiro atoms. The largest absolute Gasteiger partial charge is 0.477 e. The quantitative estimate of drug-likeness (QED) is 0.215. The molecule has 1 fully saturated rings. The number of halogens is 3. The minimum absolute atomic E-state index is 0.00557. The zero-order valence-corrected chi connectivity index (χ0v) is 21.9. The van der Waals surface area contributed by atoms with Gasteiger partial charge in [0.25, 0.3) is 5.91 Å². The van der Waals surface area contributed by atoms with Gasteiger partial charge in [-0.25, -0.2) is 9.36 Å². The summed E-state index contributed by atoms with van der Waals surface area (Å²) in [6.45, 7) is 0.568. The molecular weight excluding hydrogens is 553 g/mol. The van der Waals surface area contributed by atoms with E-state index in [9.17, 15) is 19.5 Å². The van der Waals surface area contributed by atoms with E-state index in [4.69, 9.17) is 34.8 Å². The summed E-state index contributed by atoms with van der Waals surface area (Å²) >= 11 is 20.7. The van der Waals surface area contributed by atoms with Crippen molar-refractivity contribution in [2.75, 3.05) is 11.5 Å². The summed E-state index contributed by atoms with van der Waals surface area (Å²) < 4.78 is 1.94. The Labute approximate surface area is 225 Å². The number of aromatic nitrogens is 1. The van der Waals surface area contributed by atoms with Crippen LogP contribution < -0.4 is 9.88 Å². The molecule has 2 aliphatic heterocycles. The zero-order valence-electron chi connectivity index (χ0n) is 18.0. The van der Waals surface area contributed by atoms with E-state index in [1.165, 1.54) is 22.7 Å². The lowest BCUT2D eigenvalue weighted by molar-refractivity contribution is -0.687. The molecule has 182 valence electrons. The number of carboxylic acid groups (broad SMARTS) is 1. The lowest BCUT2D eigenvalue weighted by Crippen LogP contribution is -2.70. The first-order valence-corrected chi connectivity index (χ1v) is 13.5. The number of thioether (sulfide) groups is 2. The highest BCUT2D eigenvalue weighted by atomic mass is 35.5. The van der Waals surface area contributed by atoms with Gasteiger partial charge < -0.3 is 10.4 Å². The van der Waals surface area contributed by atoms with E-state index in [0.717, 1.165) is 11.8 Å². The molecule has 7 nitrogen and oxygen atoms in total. The van der Waals surface area contributed by atoms with Crippen molar-refractivity contribution in [3.8, 4) is 0 Å². The number of benzene rings is 1. The molecule has 2 aliphatic rings. The molecule has 35 heavy (non-hydrogen) atoms. The third-order valence-electron chi connectivity index (χ3n) is 5.26. The molecule has 2 aromatic rings. The van der Waals surface area contributed by atoms with E-state index in [1.807, 2.05) is 41.2 Å². The maximum Gasteiger partial charge on any atom is 0.352 e. The molecule has 0 unspecified atom stereocenters. The molecular formula is C23H19Cl3N3O4S2+. The van der Waals surface area contributed by atoms with Gasteiger partial charge in [-0.3, -0.25) is 14.5 Å². The lowest BCUT2D eigenvalue weighted by atomic mass is 10.0. The second kappa shape index (κ2) is 11.3. The van der Waals surface area contributed by atoms with Gasteiger partial charge in [-0.15, -0.1) is 23.5 Å². The molecule has 4 rings (SSSR count). The fourth-order valence-corrected chi connectivity index (χ4v) is 6.48.